The van der Waals surface area contributed by atoms with E-state index in [2.05, 4.69) is 10.4 Å². The molecule has 0 bridgehead atoms. The molecule has 194 valence electrons. The van der Waals surface area contributed by atoms with Gasteiger partial charge in [-0.3, -0.25) is 20.2 Å². The van der Waals surface area contributed by atoms with Crippen molar-refractivity contribution < 1.29 is 27.4 Å². The normalized spacial score (nSPS) is 15.2. The lowest BCUT2D eigenvalue weighted by atomic mass is 9.98. The Hall–Kier alpha value is -4.31. The van der Waals surface area contributed by atoms with Crippen LogP contribution in [0.25, 0.3) is 22.0 Å². The third kappa shape index (κ3) is 4.37. The molecule has 7 nitrogen and oxygen atoms in total. The van der Waals surface area contributed by atoms with Crippen LogP contribution in [-0.4, -0.2) is 50.3 Å². The van der Waals surface area contributed by atoms with Gasteiger partial charge in [0.05, 0.1) is 42.2 Å². The minimum Gasteiger partial charge on any atom is -0.489 e. The van der Waals surface area contributed by atoms with Crippen LogP contribution in [-0.2, 0) is 4.74 Å². The maximum atomic E-state index is 15.1. The predicted molar refractivity (Wildman–Crippen MR) is 137 cm³/mol. The molecule has 3 aromatic carbocycles. The molecule has 6 rings (SSSR count). The van der Waals surface area contributed by atoms with Crippen LogP contribution < -0.4 is 20.1 Å². The summed E-state index contributed by atoms with van der Waals surface area (Å²) in [6.45, 7) is 2.74. The van der Waals surface area contributed by atoms with Gasteiger partial charge in [0, 0.05) is 36.3 Å². The standard InChI is InChI=1S/C28H23F3N4O3/c29-18-13-17(14-19(30)15-18)25-22(31)6-5-20-26(25)32-16-21(27(20)34-7-10-37-11-8-34)28(36)33-35-9-12-38-24-4-2-1-3-23(24)35/h1-6,13-16H,7-12H2,(H,33,36). The molecule has 0 saturated carbocycles. The van der Waals surface area contributed by atoms with E-state index in [-0.39, 0.29) is 22.2 Å². The molecule has 1 amide bonds. The third-order valence-electron chi connectivity index (χ3n) is 6.65. The summed E-state index contributed by atoms with van der Waals surface area (Å²) >= 11 is 0. The van der Waals surface area contributed by atoms with Gasteiger partial charge in [-0.1, -0.05) is 12.1 Å². The SMILES string of the molecule is O=C(NN1CCOc2ccccc21)c1cnc2c(-c3cc(F)cc(F)c3)c(F)ccc2c1N1CCOCC1. The van der Waals surface area contributed by atoms with Gasteiger partial charge < -0.3 is 14.4 Å². The third-order valence-corrected chi connectivity index (χ3v) is 6.65. The van der Waals surface area contributed by atoms with E-state index in [1.165, 1.54) is 12.3 Å². The Balaban J connectivity index is 1.48. The second-order valence-corrected chi connectivity index (χ2v) is 9.01. The highest BCUT2D eigenvalue weighted by Crippen LogP contribution is 2.38. The fourth-order valence-corrected chi connectivity index (χ4v) is 4.96. The van der Waals surface area contributed by atoms with Crippen LogP contribution in [0.1, 0.15) is 10.4 Å². The van der Waals surface area contributed by atoms with Crippen LogP contribution in [0.2, 0.25) is 0 Å². The van der Waals surface area contributed by atoms with Crippen LogP contribution >= 0.6 is 0 Å². The van der Waals surface area contributed by atoms with Crippen molar-refractivity contribution in [1.29, 1.82) is 0 Å². The summed E-state index contributed by atoms with van der Waals surface area (Å²) in [7, 11) is 0. The monoisotopic (exact) mass is 520 g/mol. The Kier molecular flexibility index (Phi) is 6.24. The van der Waals surface area contributed by atoms with Crippen molar-refractivity contribution in [2.24, 2.45) is 0 Å². The Morgan fingerprint density at radius 1 is 0.921 bits per heavy atom. The Morgan fingerprint density at radius 2 is 1.68 bits per heavy atom. The molecule has 38 heavy (non-hydrogen) atoms. The van der Waals surface area contributed by atoms with Crippen LogP contribution in [0.3, 0.4) is 0 Å². The van der Waals surface area contributed by atoms with Crippen molar-refractivity contribution in [2.75, 3.05) is 49.4 Å². The number of morpholine rings is 1. The van der Waals surface area contributed by atoms with E-state index in [0.717, 1.165) is 23.9 Å². The Morgan fingerprint density at radius 3 is 2.47 bits per heavy atom. The number of carbonyl (C=O) groups is 1. The van der Waals surface area contributed by atoms with Crippen LogP contribution in [0.15, 0.2) is 60.8 Å². The van der Waals surface area contributed by atoms with Crippen molar-refractivity contribution in [3.8, 4) is 16.9 Å². The summed E-state index contributed by atoms with van der Waals surface area (Å²) in [4.78, 5) is 20.1. The summed E-state index contributed by atoms with van der Waals surface area (Å²) in [5.41, 5.74) is 4.70. The molecule has 0 spiro atoms. The predicted octanol–water partition coefficient (Wildman–Crippen LogP) is 4.70. The lowest BCUT2D eigenvalue weighted by Gasteiger charge is -2.33. The fraction of sp³-hybridized carbons (Fsp3) is 0.214. The fourth-order valence-electron chi connectivity index (χ4n) is 4.96. The van der Waals surface area contributed by atoms with E-state index < -0.39 is 23.4 Å². The maximum absolute atomic E-state index is 15.1. The van der Waals surface area contributed by atoms with E-state index in [9.17, 15) is 13.6 Å². The van der Waals surface area contributed by atoms with Gasteiger partial charge in [-0.2, -0.15) is 0 Å². The second kappa shape index (κ2) is 9.86. The van der Waals surface area contributed by atoms with Crippen LogP contribution in [0.4, 0.5) is 24.5 Å². The zero-order valence-corrected chi connectivity index (χ0v) is 20.2. The number of fused-ring (bicyclic) bond motifs is 2. The van der Waals surface area contributed by atoms with E-state index in [0.29, 0.717) is 56.3 Å². The molecule has 2 aliphatic rings. The second-order valence-electron chi connectivity index (χ2n) is 9.01. The average Bonchev–Trinajstić information content (AvgIpc) is 2.92. The first-order chi connectivity index (χ1) is 18.5. The van der Waals surface area contributed by atoms with Gasteiger partial charge in [0.1, 0.15) is 29.8 Å². The summed E-state index contributed by atoms with van der Waals surface area (Å²) in [5.74, 6) is -2.07. The van der Waals surface area contributed by atoms with Gasteiger partial charge in [-0.25, -0.2) is 13.2 Å². The first-order valence-electron chi connectivity index (χ1n) is 12.2. The van der Waals surface area contributed by atoms with E-state index in [1.807, 2.05) is 29.2 Å². The Bertz CT molecular complexity index is 1520. The number of para-hydroxylation sites is 2. The molecule has 1 aromatic heterocycles. The average molecular weight is 521 g/mol. The number of carbonyl (C=O) groups excluding carboxylic acids is 1. The lowest BCUT2D eigenvalue weighted by molar-refractivity contribution is 0.0943. The zero-order chi connectivity index (χ0) is 26.2. The number of pyridine rings is 1. The maximum Gasteiger partial charge on any atom is 0.273 e. The molecule has 1 saturated heterocycles. The Labute approximate surface area is 216 Å². The number of anilines is 2. The largest absolute Gasteiger partial charge is 0.489 e. The molecule has 2 aliphatic heterocycles. The summed E-state index contributed by atoms with van der Waals surface area (Å²) < 4.78 is 54.4. The van der Waals surface area contributed by atoms with Gasteiger partial charge in [0.25, 0.3) is 5.91 Å². The number of hydrogen-bond donors (Lipinski definition) is 1. The molecule has 1 N–H and O–H groups in total. The van der Waals surface area contributed by atoms with Crippen molar-refractivity contribution in [1.82, 2.24) is 10.4 Å². The molecule has 0 radical (unpaired) electrons. The number of amides is 1. The molecular formula is C28H23F3N4O3. The van der Waals surface area contributed by atoms with Gasteiger partial charge in [0.15, 0.2) is 0 Å². The van der Waals surface area contributed by atoms with Crippen molar-refractivity contribution >= 4 is 28.2 Å². The highest BCUT2D eigenvalue weighted by atomic mass is 19.1. The quantitative estimate of drug-likeness (QED) is 0.421. The molecular weight excluding hydrogens is 497 g/mol. The van der Waals surface area contributed by atoms with Crippen LogP contribution in [0, 0.1) is 17.5 Å². The molecule has 3 heterocycles. The van der Waals surface area contributed by atoms with Crippen LogP contribution in [0.5, 0.6) is 5.75 Å². The van der Waals surface area contributed by atoms with Gasteiger partial charge in [0.2, 0.25) is 0 Å². The van der Waals surface area contributed by atoms with Gasteiger partial charge in [-0.05, 0) is 42.0 Å². The first-order valence-corrected chi connectivity index (χ1v) is 12.2. The van der Waals surface area contributed by atoms with E-state index in [1.54, 1.807) is 11.1 Å². The van der Waals surface area contributed by atoms with Gasteiger partial charge in [-0.15, -0.1) is 0 Å². The summed E-state index contributed by atoms with van der Waals surface area (Å²) in [5, 5.41) is 2.21. The number of rotatable bonds is 4. The zero-order valence-electron chi connectivity index (χ0n) is 20.2. The molecule has 1 fully saturated rings. The van der Waals surface area contributed by atoms with Crippen molar-refractivity contribution in [2.45, 2.75) is 0 Å². The number of hydrogen-bond acceptors (Lipinski definition) is 6. The number of nitrogens with one attached hydrogen (secondary N) is 1. The molecule has 0 unspecified atom stereocenters. The highest BCUT2D eigenvalue weighted by molar-refractivity contribution is 6.10. The smallest absolute Gasteiger partial charge is 0.273 e. The minimum absolute atomic E-state index is 0.0214. The summed E-state index contributed by atoms with van der Waals surface area (Å²) in [6.07, 6.45) is 1.38. The molecule has 0 atom stereocenters. The number of ether oxygens (including phenoxy) is 2. The summed E-state index contributed by atoms with van der Waals surface area (Å²) in [6, 6.07) is 13.0. The number of halogens is 3. The van der Waals surface area contributed by atoms with Gasteiger partial charge >= 0.3 is 0 Å². The first kappa shape index (κ1) is 24.1. The van der Waals surface area contributed by atoms with Crippen molar-refractivity contribution in [3.05, 3.63) is 83.8 Å². The molecule has 10 heteroatoms. The van der Waals surface area contributed by atoms with E-state index in [4.69, 9.17) is 9.47 Å². The van der Waals surface area contributed by atoms with Crippen molar-refractivity contribution in [3.63, 3.8) is 0 Å². The lowest BCUT2D eigenvalue weighted by Crippen LogP contribution is -2.47. The molecule has 0 aliphatic carbocycles. The minimum atomic E-state index is -0.827. The topological polar surface area (TPSA) is 66.9 Å². The number of benzene rings is 3. The number of nitrogens with zero attached hydrogens (tertiary/aromatic N) is 3. The molecule has 4 aromatic rings. The highest BCUT2D eigenvalue weighted by Gasteiger charge is 2.27. The number of hydrazine groups is 1. The van der Waals surface area contributed by atoms with E-state index >= 15 is 4.39 Å². The number of aromatic nitrogens is 1.